The summed E-state index contributed by atoms with van der Waals surface area (Å²) in [6.45, 7) is 0. The number of nitrogens with two attached hydrogens (primary N) is 1. The van der Waals surface area contributed by atoms with Crippen LogP contribution in [0.25, 0.3) is 6.08 Å². The lowest BCUT2D eigenvalue weighted by Gasteiger charge is -2.10. The summed E-state index contributed by atoms with van der Waals surface area (Å²) < 4.78 is 10.3. The van der Waals surface area contributed by atoms with E-state index in [1.54, 1.807) is 42.5 Å². The number of benzene rings is 2. The van der Waals surface area contributed by atoms with Crippen molar-refractivity contribution in [2.24, 2.45) is 0 Å². The Hall–Kier alpha value is -4.60. The van der Waals surface area contributed by atoms with Crippen LogP contribution in [0.4, 0.5) is 11.5 Å². The van der Waals surface area contributed by atoms with E-state index in [2.05, 4.69) is 15.3 Å². The molecular weight excluding hydrogens is 416 g/mol. The lowest BCUT2D eigenvalue weighted by Crippen LogP contribution is -2.28. The van der Waals surface area contributed by atoms with Crippen LogP contribution in [0, 0.1) is 0 Å². The zero-order valence-corrected chi connectivity index (χ0v) is 17.4. The fourth-order valence-electron chi connectivity index (χ4n) is 2.49. The van der Waals surface area contributed by atoms with E-state index < -0.39 is 11.9 Å². The Bertz CT molecular complexity index is 1170. The second-order valence-electron chi connectivity index (χ2n) is 6.16. The fourth-order valence-corrected chi connectivity index (χ4v) is 2.49. The number of para-hydroxylation sites is 1. The van der Waals surface area contributed by atoms with E-state index in [0.717, 1.165) is 5.56 Å². The van der Waals surface area contributed by atoms with Crippen molar-refractivity contribution in [3.63, 3.8) is 0 Å². The van der Waals surface area contributed by atoms with E-state index >= 15 is 0 Å². The van der Waals surface area contributed by atoms with E-state index in [4.69, 9.17) is 15.2 Å². The van der Waals surface area contributed by atoms with Crippen molar-refractivity contribution in [3.8, 4) is 11.5 Å². The number of hydrogen-bond donors (Lipinski definition) is 3. The maximum atomic E-state index is 12.0. The molecule has 0 atom stereocenters. The third-order valence-electron chi connectivity index (χ3n) is 3.97. The van der Waals surface area contributed by atoms with Crippen LogP contribution in [-0.2, 0) is 4.79 Å². The summed E-state index contributed by atoms with van der Waals surface area (Å²) in [6, 6.07) is 12.8. The van der Waals surface area contributed by atoms with Gasteiger partial charge in [0.15, 0.2) is 17.3 Å². The lowest BCUT2D eigenvalue weighted by molar-refractivity contribution is -0.402. The third-order valence-corrected chi connectivity index (χ3v) is 3.97. The summed E-state index contributed by atoms with van der Waals surface area (Å²) in [6.07, 6.45) is 4.36. The normalized spacial score (nSPS) is 10.1. The average molecular weight is 438 g/mol. The minimum Gasteiger partial charge on any atom is -0.545 e. The highest BCUT2D eigenvalue weighted by Gasteiger charge is 2.06. The summed E-state index contributed by atoms with van der Waals surface area (Å²) in [4.78, 5) is 38.0. The van der Waals surface area contributed by atoms with E-state index in [1.165, 1.54) is 38.6 Å². The summed E-state index contributed by atoms with van der Waals surface area (Å²) >= 11 is 0. The predicted octanol–water partition coefficient (Wildman–Crippen LogP) is 0.490. The van der Waals surface area contributed by atoms with Gasteiger partial charge in [0.25, 0.3) is 0 Å². The molecule has 3 rings (SSSR count). The van der Waals surface area contributed by atoms with E-state index in [0.29, 0.717) is 17.3 Å². The number of carbonyl (C=O) groups excluding carboxylic acids is 2. The molecule has 5 N–H and O–H groups in total. The van der Waals surface area contributed by atoms with Crippen LogP contribution >= 0.6 is 0 Å². The number of nitrogens with one attached hydrogen (secondary N) is 3. The molecule has 1 aromatic heterocycles. The number of carbonyl (C=O) groups is 2. The van der Waals surface area contributed by atoms with E-state index in [9.17, 15) is 19.5 Å². The van der Waals surface area contributed by atoms with Gasteiger partial charge in [0.2, 0.25) is 5.91 Å². The van der Waals surface area contributed by atoms with Gasteiger partial charge >= 0.3 is 5.69 Å². The van der Waals surface area contributed by atoms with Gasteiger partial charge in [-0.25, -0.2) is 4.98 Å². The monoisotopic (exact) mass is 438 g/mol. The molecule has 0 bridgehead atoms. The van der Waals surface area contributed by atoms with E-state index in [1.807, 2.05) is 0 Å². The molecule has 0 aliphatic rings. The quantitative estimate of drug-likeness (QED) is 0.472. The van der Waals surface area contributed by atoms with Gasteiger partial charge in [0.05, 0.1) is 32.1 Å². The third kappa shape index (κ3) is 7.02. The van der Waals surface area contributed by atoms with Crippen LogP contribution in [0.3, 0.4) is 0 Å². The number of hydrogen-bond acceptors (Lipinski definition) is 7. The number of methoxy groups -OCH3 is 2. The fraction of sp³-hybridized carbons (Fsp3) is 0.0909. The molecule has 0 fully saturated rings. The van der Waals surface area contributed by atoms with Gasteiger partial charge in [0.1, 0.15) is 0 Å². The Kier molecular flexibility index (Phi) is 8.55. The number of aromatic amines is 2. The average Bonchev–Trinajstić information content (AvgIpc) is 2.78. The van der Waals surface area contributed by atoms with Crippen molar-refractivity contribution >= 4 is 29.5 Å². The number of aromatic nitrogens is 2. The molecule has 1 heterocycles. The highest BCUT2D eigenvalue weighted by atomic mass is 16.5. The minimum atomic E-state index is -1.35. The number of H-pyrrole nitrogens is 2. The number of rotatable bonds is 6. The van der Waals surface area contributed by atoms with E-state index in [-0.39, 0.29) is 16.9 Å². The second-order valence-corrected chi connectivity index (χ2v) is 6.16. The van der Waals surface area contributed by atoms with Crippen LogP contribution in [0.5, 0.6) is 11.5 Å². The van der Waals surface area contributed by atoms with Crippen LogP contribution in [-0.4, -0.2) is 31.1 Å². The molecule has 3 aromatic rings. The number of ether oxygens (including phenoxy) is 2. The SMILES string of the molecule is COc1ccc(/C=C/C(=O)Nc2ccccc2C(=O)[O-])cc1OC.Nc1cc[nH+]c(=O)[nH]1. The first kappa shape index (κ1) is 23.7. The smallest absolute Gasteiger partial charge is 0.495 e. The summed E-state index contributed by atoms with van der Waals surface area (Å²) in [5, 5.41) is 13.5. The summed E-state index contributed by atoms with van der Waals surface area (Å²) in [5.74, 6) is -0.314. The van der Waals surface area contributed by atoms with Crippen LogP contribution < -0.4 is 36.3 Å². The van der Waals surface area contributed by atoms with Gasteiger partial charge in [-0.15, -0.1) is 0 Å². The zero-order valence-electron chi connectivity index (χ0n) is 17.4. The molecular formula is C22H22N4O6. The molecule has 0 saturated carbocycles. The maximum Gasteiger partial charge on any atom is 0.495 e. The Morgan fingerprint density at radius 3 is 2.41 bits per heavy atom. The number of carboxylic acids is 1. The number of carboxylic acid groups (broad SMARTS) is 1. The number of amides is 1. The topological polar surface area (TPSA) is 161 Å². The molecule has 10 heteroatoms. The second kappa shape index (κ2) is 11.6. The molecule has 10 nitrogen and oxygen atoms in total. The molecule has 1 amide bonds. The Morgan fingerprint density at radius 1 is 1.09 bits per heavy atom. The molecule has 0 spiro atoms. The molecule has 0 radical (unpaired) electrons. The molecule has 0 saturated heterocycles. The first-order valence-corrected chi connectivity index (χ1v) is 9.22. The molecule has 2 aromatic carbocycles. The standard InChI is InChI=1S/C18H17NO5.C4H5N3O/c1-23-15-9-7-12(11-16(15)24-2)8-10-17(20)19-14-6-4-3-5-13(14)18(21)22;5-3-1-2-6-4(8)7-3/h3-11H,1-2H3,(H,19,20)(H,21,22);1-2H,(H3,5,6,7,8)/b10-8+;. The molecule has 0 unspecified atom stereocenters. The predicted molar refractivity (Wildman–Crippen MR) is 116 cm³/mol. The Morgan fingerprint density at radius 2 is 1.81 bits per heavy atom. The van der Waals surface area contributed by atoms with Gasteiger partial charge in [-0.05, 0) is 29.8 Å². The highest BCUT2D eigenvalue weighted by Crippen LogP contribution is 2.28. The van der Waals surface area contributed by atoms with Crippen molar-refractivity contribution in [2.45, 2.75) is 0 Å². The number of anilines is 2. The van der Waals surface area contributed by atoms with Gasteiger partial charge in [-0.3, -0.25) is 4.79 Å². The minimum absolute atomic E-state index is 0.0784. The maximum absolute atomic E-state index is 12.0. The summed E-state index contributed by atoms with van der Waals surface area (Å²) in [7, 11) is 3.06. The van der Waals surface area contributed by atoms with Crippen molar-refractivity contribution < 1.29 is 29.2 Å². The number of nitrogen functional groups attached to an aromatic ring is 1. The van der Waals surface area contributed by atoms with Crippen molar-refractivity contribution in [1.29, 1.82) is 0 Å². The zero-order chi connectivity index (χ0) is 23.5. The lowest BCUT2D eigenvalue weighted by atomic mass is 10.1. The molecule has 0 aliphatic heterocycles. The first-order valence-electron chi connectivity index (χ1n) is 9.22. The first-order chi connectivity index (χ1) is 15.3. The van der Waals surface area contributed by atoms with Crippen LogP contribution in [0.1, 0.15) is 15.9 Å². The van der Waals surface area contributed by atoms with Gasteiger partial charge in [-0.1, -0.05) is 24.3 Å². The number of aromatic carboxylic acids is 1. The van der Waals surface area contributed by atoms with Crippen LogP contribution in [0.2, 0.25) is 0 Å². The molecule has 0 aliphatic carbocycles. The van der Waals surface area contributed by atoms with Gasteiger partial charge in [0, 0.05) is 17.7 Å². The van der Waals surface area contributed by atoms with Crippen molar-refractivity contribution in [1.82, 2.24) is 4.98 Å². The van der Waals surface area contributed by atoms with Crippen molar-refractivity contribution in [2.75, 3.05) is 25.3 Å². The van der Waals surface area contributed by atoms with Crippen LogP contribution in [0.15, 0.2) is 65.6 Å². The Balaban J connectivity index is 0.000000380. The Labute approximate surface area is 183 Å². The molecule has 166 valence electrons. The van der Waals surface area contributed by atoms with Gasteiger partial charge < -0.3 is 30.4 Å². The highest BCUT2D eigenvalue weighted by molar-refractivity contribution is 6.05. The van der Waals surface area contributed by atoms with Gasteiger partial charge in [-0.2, -0.15) is 9.78 Å². The largest absolute Gasteiger partial charge is 0.545 e. The van der Waals surface area contributed by atoms with Crippen molar-refractivity contribution in [3.05, 3.63) is 82.4 Å². The molecule has 32 heavy (non-hydrogen) atoms. The summed E-state index contributed by atoms with van der Waals surface area (Å²) in [5.41, 5.74) is 5.73.